The molecule has 0 aliphatic rings. The van der Waals surface area contributed by atoms with Crippen LogP contribution in [-0.2, 0) is 0 Å². The minimum Gasteiger partial charge on any atom is -0.478 e. The van der Waals surface area contributed by atoms with E-state index in [1.165, 1.54) is 23.1 Å². The molecule has 0 fully saturated rings. The van der Waals surface area contributed by atoms with Crippen LogP contribution < -0.4 is 11.6 Å². The summed E-state index contributed by atoms with van der Waals surface area (Å²) in [7, 11) is 0. The summed E-state index contributed by atoms with van der Waals surface area (Å²) in [5, 5.41) is 16.9. The van der Waals surface area contributed by atoms with Crippen LogP contribution >= 0.6 is 23.4 Å². The van der Waals surface area contributed by atoms with Crippen molar-refractivity contribution in [2.45, 2.75) is 10.1 Å². The Morgan fingerprint density at radius 1 is 1.50 bits per heavy atom. The topological polar surface area (TPSA) is 120 Å². The molecule has 0 spiro atoms. The third-order valence-electron chi connectivity index (χ3n) is 2.05. The molecule has 0 aliphatic carbocycles. The van der Waals surface area contributed by atoms with Gasteiger partial charge in [0.2, 0.25) is 5.16 Å². The number of rotatable bonds is 3. The summed E-state index contributed by atoms with van der Waals surface area (Å²) in [6.07, 6.45) is 1.33. The van der Waals surface area contributed by atoms with Gasteiger partial charge in [0.1, 0.15) is 6.33 Å². The first-order chi connectivity index (χ1) is 8.49. The Hall–Kier alpha value is -1.93. The standard InChI is InChI=1S/C9H8ClN5O2S/c10-5-1-4(8(16)17)2-6(11)7(5)18-9-14-13-3-15(9)12/h1-3H,11-12H2,(H,16,17). The van der Waals surface area contributed by atoms with Crippen molar-refractivity contribution in [3.63, 3.8) is 0 Å². The van der Waals surface area contributed by atoms with E-state index in [-0.39, 0.29) is 16.3 Å². The molecular formula is C9H8ClN5O2S. The largest absolute Gasteiger partial charge is 0.478 e. The molecule has 18 heavy (non-hydrogen) atoms. The molecule has 0 saturated heterocycles. The van der Waals surface area contributed by atoms with Crippen LogP contribution in [0.5, 0.6) is 0 Å². The smallest absolute Gasteiger partial charge is 0.335 e. The highest BCUT2D eigenvalue weighted by atomic mass is 35.5. The molecule has 0 radical (unpaired) electrons. The predicted octanol–water partition coefficient (Wildman–Crippen LogP) is 1.08. The highest BCUT2D eigenvalue weighted by Crippen LogP contribution is 2.37. The Morgan fingerprint density at radius 3 is 2.72 bits per heavy atom. The third-order valence-corrected chi connectivity index (χ3v) is 3.60. The number of anilines is 1. The molecule has 0 amide bonds. The minimum absolute atomic E-state index is 0.0241. The van der Waals surface area contributed by atoms with Crippen LogP contribution in [0.1, 0.15) is 10.4 Å². The molecule has 1 aromatic heterocycles. The van der Waals surface area contributed by atoms with Gasteiger partial charge < -0.3 is 16.7 Å². The van der Waals surface area contributed by atoms with Crippen LogP contribution in [0.25, 0.3) is 0 Å². The van der Waals surface area contributed by atoms with E-state index in [9.17, 15) is 4.79 Å². The molecule has 2 aromatic rings. The van der Waals surface area contributed by atoms with Crippen molar-refractivity contribution in [1.82, 2.24) is 14.9 Å². The van der Waals surface area contributed by atoms with Crippen molar-refractivity contribution < 1.29 is 9.90 Å². The van der Waals surface area contributed by atoms with Crippen LogP contribution in [0.4, 0.5) is 5.69 Å². The molecule has 0 unspecified atom stereocenters. The number of aromatic carboxylic acids is 1. The van der Waals surface area contributed by atoms with Gasteiger partial charge in [-0.3, -0.25) is 0 Å². The Bertz CT molecular complexity index is 592. The lowest BCUT2D eigenvalue weighted by Gasteiger charge is -2.08. The van der Waals surface area contributed by atoms with Crippen molar-refractivity contribution in [2.24, 2.45) is 0 Å². The molecule has 1 aromatic carbocycles. The Morgan fingerprint density at radius 2 is 2.22 bits per heavy atom. The van der Waals surface area contributed by atoms with Crippen LogP contribution in [0.15, 0.2) is 28.5 Å². The Labute approximate surface area is 111 Å². The summed E-state index contributed by atoms with van der Waals surface area (Å²) >= 11 is 7.09. The number of hydrogen-bond donors (Lipinski definition) is 3. The maximum absolute atomic E-state index is 10.8. The van der Waals surface area contributed by atoms with Crippen molar-refractivity contribution >= 4 is 35.0 Å². The van der Waals surface area contributed by atoms with E-state index in [0.29, 0.717) is 10.1 Å². The van der Waals surface area contributed by atoms with E-state index >= 15 is 0 Å². The van der Waals surface area contributed by atoms with E-state index < -0.39 is 5.97 Å². The highest BCUT2D eigenvalue weighted by Gasteiger charge is 2.15. The van der Waals surface area contributed by atoms with Gasteiger partial charge in [0.05, 0.1) is 15.5 Å². The number of aromatic nitrogens is 3. The number of carbonyl (C=O) groups is 1. The van der Waals surface area contributed by atoms with Gasteiger partial charge in [0.15, 0.2) is 0 Å². The van der Waals surface area contributed by atoms with Crippen molar-refractivity contribution in [2.75, 3.05) is 11.6 Å². The molecule has 0 saturated carbocycles. The SMILES string of the molecule is Nc1cc(C(=O)O)cc(Cl)c1Sc1nncn1N. The second kappa shape index (κ2) is 4.75. The lowest BCUT2D eigenvalue weighted by atomic mass is 10.2. The second-order valence-electron chi connectivity index (χ2n) is 3.30. The van der Waals surface area contributed by atoms with Gasteiger partial charge in [-0.25, -0.2) is 9.47 Å². The second-order valence-corrected chi connectivity index (χ2v) is 4.69. The van der Waals surface area contributed by atoms with Gasteiger partial charge in [-0.2, -0.15) is 0 Å². The van der Waals surface area contributed by atoms with Crippen molar-refractivity contribution in [3.8, 4) is 0 Å². The average molecular weight is 286 g/mol. The molecule has 0 bridgehead atoms. The number of carboxylic acid groups (broad SMARTS) is 1. The maximum atomic E-state index is 10.8. The monoisotopic (exact) mass is 285 g/mol. The zero-order valence-corrected chi connectivity index (χ0v) is 10.4. The van der Waals surface area contributed by atoms with Crippen LogP contribution in [0.3, 0.4) is 0 Å². The van der Waals surface area contributed by atoms with E-state index in [1.807, 2.05) is 0 Å². The normalized spacial score (nSPS) is 10.5. The van der Waals surface area contributed by atoms with E-state index in [1.54, 1.807) is 0 Å². The quantitative estimate of drug-likeness (QED) is 0.570. The molecule has 0 atom stereocenters. The first-order valence-corrected chi connectivity index (χ1v) is 5.83. The third kappa shape index (κ3) is 2.34. The summed E-state index contributed by atoms with van der Waals surface area (Å²) in [5.74, 6) is 4.46. The van der Waals surface area contributed by atoms with Gasteiger partial charge in [0, 0.05) is 5.69 Å². The number of carboxylic acids is 1. The van der Waals surface area contributed by atoms with Crippen LogP contribution in [0.2, 0.25) is 5.02 Å². The number of hydrogen-bond acceptors (Lipinski definition) is 6. The fraction of sp³-hybridized carbons (Fsp3) is 0. The van der Waals surface area contributed by atoms with Crippen molar-refractivity contribution in [1.29, 1.82) is 0 Å². The number of nitrogen functional groups attached to an aromatic ring is 2. The predicted molar refractivity (Wildman–Crippen MR) is 67.1 cm³/mol. The van der Waals surface area contributed by atoms with E-state index in [2.05, 4.69) is 10.2 Å². The fourth-order valence-electron chi connectivity index (χ4n) is 1.24. The van der Waals surface area contributed by atoms with Crippen molar-refractivity contribution in [3.05, 3.63) is 29.0 Å². The molecule has 9 heteroatoms. The van der Waals surface area contributed by atoms with E-state index in [4.69, 9.17) is 28.3 Å². The minimum atomic E-state index is -1.10. The highest BCUT2D eigenvalue weighted by molar-refractivity contribution is 7.99. The summed E-state index contributed by atoms with van der Waals surface area (Å²) in [6.45, 7) is 0. The molecule has 7 nitrogen and oxygen atoms in total. The molecule has 5 N–H and O–H groups in total. The fourth-order valence-corrected chi connectivity index (χ4v) is 2.34. The lowest BCUT2D eigenvalue weighted by Crippen LogP contribution is -2.08. The number of benzene rings is 1. The number of halogens is 1. The molecule has 1 heterocycles. The zero-order chi connectivity index (χ0) is 13.3. The van der Waals surface area contributed by atoms with Gasteiger partial charge in [-0.05, 0) is 23.9 Å². The van der Waals surface area contributed by atoms with Gasteiger partial charge in [-0.1, -0.05) is 11.6 Å². The van der Waals surface area contributed by atoms with Crippen LogP contribution in [0, 0.1) is 0 Å². The summed E-state index contributed by atoms with van der Waals surface area (Å²) < 4.78 is 1.21. The average Bonchev–Trinajstić information content (AvgIpc) is 2.69. The maximum Gasteiger partial charge on any atom is 0.335 e. The first-order valence-electron chi connectivity index (χ1n) is 4.64. The molecule has 94 valence electrons. The molecule has 0 aliphatic heterocycles. The Kier molecular flexibility index (Phi) is 3.30. The first kappa shape index (κ1) is 12.5. The van der Waals surface area contributed by atoms with Gasteiger partial charge in [0.25, 0.3) is 0 Å². The van der Waals surface area contributed by atoms with Gasteiger partial charge >= 0.3 is 5.97 Å². The zero-order valence-electron chi connectivity index (χ0n) is 8.87. The number of nitrogens with zero attached hydrogens (tertiary/aromatic N) is 3. The number of nitrogens with two attached hydrogens (primary N) is 2. The van der Waals surface area contributed by atoms with E-state index in [0.717, 1.165) is 11.8 Å². The molecular weight excluding hydrogens is 278 g/mol. The van der Waals surface area contributed by atoms with Gasteiger partial charge in [-0.15, -0.1) is 10.2 Å². The lowest BCUT2D eigenvalue weighted by molar-refractivity contribution is 0.0697. The summed E-state index contributed by atoms with van der Waals surface area (Å²) in [4.78, 5) is 11.3. The van der Waals surface area contributed by atoms with Crippen LogP contribution in [-0.4, -0.2) is 25.9 Å². The summed E-state index contributed by atoms with van der Waals surface area (Å²) in [5.41, 5.74) is 6.03. The summed E-state index contributed by atoms with van der Waals surface area (Å²) in [6, 6.07) is 2.65. The Balaban J connectivity index is 2.40. The molecule has 2 rings (SSSR count).